The van der Waals surface area contributed by atoms with Crippen LogP contribution in [0.5, 0.6) is 0 Å². The van der Waals surface area contributed by atoms with Crippen LogP contribution in [0.4, 0.5) is 0 Å². The number of allylic oxidation sites excluding steroid dienone is 1. The number of hydrogen-bond donors (Lipinski definition) is 3. The number of carbonyl (C=O) groups is 3. The molecule has 1 heterocycles. The second kappa shape index (κ2) is 18.9. The number of Topliss-reactive ketones (excluding diaryl/α,β-unsaturated/α-hetero) is 1. The highest BCUT2D eigenvalue weighted by molar-refractivity contribution is 5.90. The molecule has 1 amide bonds. The number of hydrogen-bond acceptors (Lipinski definition) is 5. The van der Waals surface area contributed by atoms with Crippen molar-refractivity contribution in [2.45, 2.75) is 103 Å². The van der Waals surface area contributed by atoms with Crippen molar-refractivity contribution in [1.29, 1.82) is 0 Å². The van der Waals surface area contributed by atoms with Gasteiger partial charge in [-0.25, -0.2) is 4.79 Å². The lowest BCUT2D eigenvalue weighted by Crippen LogP contribution is -2.49. The molecule has 0 saturated heterocycles. The van der Waals surface area contributed by atoms with E-state index in [2.05, 4.69) is 17.2 Å². The number of pyridine rings is 1. The van der Waals surface area contributed by atoms with Crippen molar-refractivity contribution in [2.24, 2.45) is 5.92 Å². The van der Waals surface area contributed by atoms with Crippen molar-refractivity contribution in [1.82, 2.24) is 10.3 Å². The van der Waals surface area contributed by atoms with Gasteiger partial charge in [0.25, 0.3) is 0 Å². The standard InChI is InChI=1S/C34H48N2O5/c1-3-4-5-8-11-16-30(37)17-12-9-6-7-10-13-18-31(34(2,41)33(39)40)32(38)36-25-23-27-19-21-28(22-20-27)29-15-14-24-35-26-29/h13-15,18-22,24,26,31,41H,3-12,16-17,23,25H2,1-2H3,(H,36,38)(H,39,40)/b18-13+/t31-,34+/m1/s1. The smallest absolute Gasteiger partial charge is 0.336 e. The Balaban J connectivity index is 1.73. The third kappa shape index (κ3) is 12.8. The number of unbranched alkanes of at least 4 members (excludes halogenated alkanes) is 8. The van der Waals surface area contributed by atoms with Crippen molar-refractivity contribution in [2.75, 3.05) is 6.54 Å². The molecule has 0 saturated carbocycles. The SMILES string of the molecule is CCCCCCCC(=O)CCCCCC/C=C/[C@H](C(=O)NCCc1ccc(-c2cccnc2)cc1)[C@](C)(O)C(=O)O. The Bertz CT molecular complexity index is 1080. The predicted molar refractivity (Wildman–Crippen MR) is 163 cm³/mol. The zero-order valence-electron chi connectivity index (χ0n) is 24.8. The minimum absolute atomic E-state index is 0.322. The van der Waals surface area contributed by atoms with Crippen LogP contribution in [0.3, 0.4) is 0 Å². The van der Waals surface area contributed by atoms with Gasteiger partial charge in [-0.1, -0.05) is 87.9 Å². The normalized spacial score (nSPS) is 13.5. The molecule has 0 spiro atoms. The second-order valence-electron chi connectivity index (χ2n) is 11.0. The summed E-state index contributed by atoms with van der Waals surface area (Å²) >= 11 is 0. The maximum atomic E-state index is 12.9. The van der Waals surface area contributed by atoms with Crippen molar-refractivity contribution in [3.8, 4) is 11.1 Å². The molecule has 0 bridgehead atoms. The summed E-state index contributed by atoms with van der Waals surface area (Å²) in [6.45, 7) is 3.66. The molecule has 1 aromatic carbocycles. The third-order valence-corrected chi connectivity index (χ3v) is 7.45. The van der Waals surface area contributed by atoms with E-state index in [1.54, 1.807) is 18.5 Å². The number of rotatable bonds is 21. The zero-order chi connectivity index (χ0) is 29.9. The molecule has 1 aromatic heterocycles. The fourth-order valence-electron chi connectivity index (χ4n) is 4.72. The Kier molecular flexibility index (Phi) is 15.6. The van der Waals surface area contributed by atoms with Gasteiger partial charge in [0.2, 0.25) is 5.91 Å². The van der Waals surface area contributed by atoms with Gasteiger partial charge in [0.15, 0.2) is 5.60 Å². The van der Waals surface area contributed by atoms with Gasteiger partial charge in [-0.2, -0.15) is 0 Å². The van der Waals surface area contributed by atoms with Crippen molar-refractivity contribution in [3.63, 3.8) is 0 Å². The molecule has 7 nitrogen and oxygen atoms in total. The maximum Gasteiger partial charge on any atom is 0.336 e. The van der Waals surface area contributed by atoms with Crippen molar-refractivity contribution >= 4 is 17.7 Å². The number of benzene rings is 1. The van der Waals surface area contributed by atoms with Gasteiger partial charge < -0.3 is 15.5 Å². The average Bonchev–Trinajstić information content (AvgIpc) is 2.96. The molecule has 7 heteroatoms. The molecule has 0 aliphatic rings. The quantitative estimate of drug-likeness (QED) is 0.115. The maximum absolute atomic E-state index is 12.9. The molecule has 224 valence electrons. The van der Waals surface area contributed by atoms with E-state index >= 15 is 0 Å². The van der Waals surface area contributed by atoms with E-state index in [9.17, 15) is 24.6 Å². The van der Waals surface area contributed by atoms with Gasteiger partial charge >= 0.3 is 5.97 Å². The number of nitrogens with zero attached hydrogens (tertiary/aromatic N) is 1. The molecular weight excluding hydrogens is 516 g/mol. The molecule has 0 unspecified atom stereocenters. The summed E-state index contributed by atoms with van der Waals surface area (Å²) in [5, 5.41) is 22.9. The van der Waals surface area contributed by atoms with E-state index in [1.807, 2.05) is 36.4 Å². The first-order valence-corrected chi connectivity index (χ1v) is 15.2. The summed E-state index contributed by atoms with van der Waals surface area (Å²) in [5.74, 6) is -2.81. The van der Waals surface area contributed by atoms with Crippen molar-refractivity contribution < 1.29 is 24.6 Å². The lowest BCUT2D eigenvalue weighted by molar-refractivity contribution is -0.163. The monoisotopic (exact) mass is 564 g/mol. The second-order valence-corrected chi connectivity index (χ2v) is 11.0. The Labute approximate surface area is 245 Å². The van der Waals surface area contributed by atoms with E-state index < -0.39 is 23.4 Å². The van der Waals surface area contributed by atoms with E-state index in [4.69, 9.17) is 0 Å². The Hall–Kier alpha value is -3.32. The highest BCUT2D eigenvalue weighted by Crippen LogP contribution is 2.21. The van der Waals surface area contributed by atoms with E-state index in [-0.39, 0.29) is 0 Å². The van der Waals surface area contributed by atoms with Crippen LogP contribution in [0.2, 0.25) is 0 Å². The number of aromatic nitrogens is 1. The number of carboxylic acids is 1. The molecule has 2 rings (SSSR count). The van der Waals surface area contributed by atoms with Crippen LogP contribution in [0, 0.1) is 5.92 Å². The number of nitrogens with one attached hydrogen (secondary N) is 1. The summed E-state index contributed by atoms with van der Waals surface area (Å²) in [6, 6.07) is 11.9. The Morgan fingerprint density at radius 3 is 2.20 bits per heavy atom. The summed E-state index contributed by atoms with van der Waals surface area (Å²) in [6.07, 6.45) is 18.9. The minimum Gasteiger partial charge on any atom is -0.479 e. The molecule has 41 heavy (non-hydrogen) atoms. The van der Waals surface area contributed by atoms with Crippen LogP contribution >= 0.6 is 0 Å². The van der Waals surface area contributed by atoms with Crippen LogP contribution in [-0.2, 0) is 20.8 Å². The topological polar surface area (TPSA) is 117 Å². The first-order valence-electron chi connectivity index (χ1n) is 15.2. The molecule has 0 aliphatic carbocycles. The van der Waals surface area contributed by atoms with Crippen LogP contribution in [0.1, 0.15) is 96.5 Å². The van der Waals surface area contributed by atoms with Crippen LogP contribution < -0.4 is 5.32 Å². The number of ketones is 1. The lowest BCUT2D eigenvalue weighted by atomic mass is 9.87. The van der Waals surface area contributed by atoms with E-state index in [0.717, 1.165) is 62.1 Å². The van der Waals surface area contributed by atoms with E-state index in [0.29, 0.717) is 38.0 Å². The van der Waals surface area contributed by atoms with Gasteiger partial charge in [0.1, 0.15) is 5.78 Å². The summed E-state index contributed by atoms with van der Waals surface area (Å²) < 4.78 is 0. The highest BCUT2D eigenvalue weighted by Gasteiger charge is 2.42. The molecular formula is C34H48N2O5. The predicted octanol–water partition coefficient (Wildman–Crippen LogP) is 6.69. The number of aliphatic hydroxyl groups is 1. The molecule has 0 aliphatic heterocycles. The first-order chi connectivity index (χ1) is 19.8. The number of amides is 1. The summed E-state index contributed by atoms with van der Waals surface area (Å²) in [7, 11) is 0. The van der Waals surface area contributed by atoms with Crippen molar-refractivity contribution in [3.05, 3.63) is 66.5 Å². The van der Waals surface area contributed by atoms with Gasteiger partial charge in [0.05, 0.1) is 5.92 Å². The van der Waals surface area contributed by atoms with Gasteiger partial charge in [-0.3, -0.25) is 14.6 Å². The highest BCUT2D eigenvalue weighted by atomic mass is 16.4. The number of carboxylic acid groups (broad SMARTS) is 1. The summed E-state index contributed by atoms with van der Waals surface area (Å²) in [5.41, 5.74) is 0.887. The molecule has 0 radical (unpaired) electrons. The minimum atomic E-state index is -2.22. The van der Waals surface area contributed by atoms with E-state index in [1.165, 1.54) is 25.3 Å². The van der Waals surface area contributed by atoms with Crippen LogP contribution in [-0.4, -0.2) is 45.0 Å². The zero-order valence-corrected chi connectivity index (χ0v) is 24.8. The third-order valence-electron chi connectivity index (χ3n) is 7.45. The number of aliphatic carboxylic acids is 1. The van der Waals surface area contributed by atoms with Crippen LogP contribution in [0.25, 0.3) is 11.1 Å². The Morgan fingerprint density at radius 2 is 1.59 bits per heavy atom. The fourth-order valence-corrected chi connectivity index (χ4v) is 4.72. The first kappa shape index (κ1) is 33.9. The van der Waals surface area contributed by atoms with Crippen LogP contribution in [0.15, 0.2) is 60.9 Å². The molecule has 2 atom stereocenters. The number of carbonyl (C=O) groups excluding carboxylic acids is 2. The average molecular weight is 565 g/mol. The van der Waals surface area contributed by atoms with Gasteiger partial charge in [-0.05, 0) is 61.8 Å². The largest absolute Gasteiger partial charge is 0.479 e. The Morgan fingerprint density at radius 1 is 0.927 bits per heavy atom. The summed E-state index contributed by atoms with van der Waals surface area (Å²) in [4.78, 5) is 40.7. The lowest BCUT2D eigenvalue weighted by Gasteiger charge is -2.25. The fraction of sp³-hybridized carbons (Fsp3) is 0.529. The molecule has 2 aromatic rings. The van der Waals surface area contributed by atoms with Gasteiger partial charge in [0, 0.05) is 31.8 Å². The molecule has 0 fully saturated rings. The molecule has 3 N–H and O–H groups in total. The van der Waals surface area contributed by atoms with Gasteiger partial charge in [-0.15, -0.1) is 0 Å².